The van der Waals surface area contributed by atoms with Crippen LogP contribution in [0.15, 0.2) is 18.3 Å². The second kappa shape index (κ2) is 4.62. The summed E-state index contributed by atoms with van der Waals surface area (Å²) in [4.78, 5) is 15.5. The Bertz CT molecular complexity index is 341. The van der Waals surface area contributed by atoms with Gasteiger partial charge in [0.2, 0.25) is 0 Å². The number of carbonyl (C=O) groups is 1. The predicted molar refractivity (Wildman–Crippen MR) is 59.0 cm³/mol. The summed E-state index contributed by atoms with van der Waals surface area (Å²) in [7, 11) is 0. The third-order valence-corrected chi connectivity index (χ3v) is 1.90. The van der Waals surface area contributed by atoms with Gasteiger partial charge in [-0.1, -0.05) is 6.07 Å². The van der Waals surface area contributed by atoms with E-state index < -0.39 is 11.6 Å². The van der Waals surface area contributed by atoms with Crippen LogP contribution in [0.4, 0.5) is 0 Å². The lowest BCUT2D eigenvalue weighted by atomic mass is 10.2. The van der Waals surface area contributed by atoms with E-state index in [1.165, 1.54) is 0 Å². The van der Waals surface area contributed by atoms with Crippen molar-refractivity contribution in [3.63, 3.8) is 0 Å². The van der Waals surface area contributed by atoms with Gasteiger partial charge in [-0.3, -0.25) is 0 Å². The Morgan fingerprint density at radius 1 is 1.47 bits per heavy atom. The molecule has 3 nitrogen and oxygen atoms in total. The molecule has 1 aromatic heterocycles. The van der Waals surface area contributed by atoms with Gasteiger partial charge in [-0.15, -0.1) is 11.6 Å². The molecule has 0 fully saturated rings. The molecule has 82 valence electrons. The number of aromatic nitrogens is 1. The number of alkyl halides is 1. The first-order valence-electron chi connectivity index (χ1n) is 4.66. The minimum absolute atomic E-state index is 0.304. The summed E-state index contributed by atoms with van der Waals surface area (Å²) in [5, 5.41) is 0. The molecule has 0 spiro atoms. The molecule has 15 heavy (non-hydrogen) atoms. The van der Waals surface area contributed by atoms with Gasteiger partial charge in [0.05, 0.1) is 0 Å². The number of halogens is 1. The smallest absolute Gasteiger partial charge is 0.357 e. The molecule has 0 saturated carbocycles. The van der Waals surface area contributed by atoms with E-state index in [0.29, 0.717) is 11.6 Å². The minimum Gasteiger partial charge on any atom is -0.455 e. The molecule has 0 unspecified atom stereocenters. The molecule has 0 N–H and O–H groups in total. The molecule has 1 rings (SSSR count). The van der Waals surface area contributed by atoms with Crippen molar-refractivity contribution in [1.29, 1.82) is 0 Å². The summed E-state index contributed by atoms with van der Waals surface area (Å²) in [5.41, 5.74) is 0.687. The van der Waals surface area contributed by atoms with E-state index >= 15 is 0 Å². The van der Waals surface area contributed by atoms with E-state index in [4.69, 9.17) is 16.3 Å². The van der Waals surface area contributed by atoms with E-state index in [9.17, 15) is 4.79 Å². The van der Waals surface area contributed by atoms with Crippen molar-refractivity contribution in [2.75, 3.05) is 0 Å². The summed E-state index contributed by atoms with van der Waals surface area (Å²) >= 11 is 5.61. The van der Waals surface area contributed by atoms with Crippen molar-refractivity contribution in [2.24, 2.45) is 0 Å². The first kappa shape index (κ1) is 12.0. The highest BCUT2D eigenvalue weighted by molar-refractivity contribution is 6.17. The van der Waals surface area contributed by atoms with Crippen LogP contribution in [0.1, 0.15) is 36.8 Å². The maximum Gasteiger partial charge on any atom is 0.357 e. The summed E-state index contributed by atoms with van der Waals surface area (Å²) in [5.74, 6) is -0.0228. The summed E-state index contributed by atoms with van der Waals surface area (Å²) in [6, 6.07) is 3.38. The van der Waals surface area contributed by atoms with E-state index in [2.05, 4.69) is 4.98 Å². The monoisotopic (exact) mass is 227 g/mol. The lowest BCUT2D eigenvalue weighted by molar-refractivity contribution is 0.00629. The quantitative estimate of drug-likeness (QED) is 0.576. The van der Waals surface area contributed by atoms with Crippen molar-refractivity contribution in [3.8, 4) is 0 Å². The van der Waals surface area contributed by atoms with E-state index in [1.54, 1.807) is 18.3 Å². The molecule has 1 heterocycles. The molecule has 0 atom stereocenters. The molecule has 0 aliphatic heterocycles. The van der Waals surface area contributed by atoms with Crippen molar-refractivity contribution in [1.82, 2.24) is 4.98 Å². The molecule has 0 bridgehead atoms. The zero-order chi connectivity index (χ0) is 11.5. The molecule has 0 amide bonds. The van der Waals surface area contributed by atoms with E-state index in [1.807, 2.05) is 20.8 Å². The second-order valence-corrected chi connectivity index (χ2v) is 4.45. The maximum atomic E-state index is 11.5. The largest absolute Gasteiger partial charge is 0.455 e. The van der Waals surface area contributed by atoms with Gasteiger partial charge in [0.1, 0.15) is 11.3 Å². The number of hydrogen-bond acceptors (Lipinski definition) is 3. The molecule has 1 aromatic rings. The standard InChI is InChI=1S/C11H14ClNO2/c1-11(2,3)15-10(14)9-5-4-8(6-12)7-13-9/h4-5,7H,6H2,1-3H3. The summed E-state index contributed by atoms with van der Waals surface area (Å²) in [6.07, 6.45) is 1.58. The van der Waals surface area contributed by atoms with Gasteiger partial charge in [0.25, 0.3) is 0 Å². The Morgan fingerprint density at radius 3 is 2.53 bits per heavy atom. The number of ether oxygens (including phenoxy) is 1. The molecule has 0 aromatic carbocycles. The summed E-state index contributed by atoms with van der Waals surface area (Å²) in [6.45, 7) is 5.45. The molecule has 0 saturated heterocycles. The SMILES string of the molecule is CC(C)(C)OC(=O)c1ccc(CCl)cn1. The van der Waals surface area contributed by atoms with Crippen LogP contribution in [-0.4, -0.2) is 16.6 Å². The van der Waals surface area contributed by atoms with Crippen LogP contribution in [0, 0.1) is 0 Å². The van der Waals surface area contributed by atoms with Gasteiger partial charge in [-0.2, -0.15) is 0 Å². The normalized spacial score (nSPS) is 11.2. The number of esters is 1. The Morgan fingerprint density at radius 2 is 2.13 bits per heavy atom. The first-order chi connectivity index (χ1) is 6.92. The number of rotatable bonds is 2. The van der Waals surface area contributed by atoms with Gasteiger partial charge in [-0.05, 0) is 32.4 Å². The fraction of sp³-hybridized carbons (Fsp3) is 0.455. The molecular formula is C11H14ClNO2. The zero-order valence-corrected chi connectivity index (χ0v) is 9.84. The molecule has 0 aliphatic carbocycles. The van der Waals surface area contributed by atoms with Gasteiger partial charge < -0.3 is 4.74 Å². The van der Waals surface area contributed by atoms with Crippen LogP contribution in [0.3, 0.4) is 0 Å². The lowest BCUT2D eigenvalue weighted by Crippen LogP contribution is -2.24. The third kappa shape index (κ3) is 3.88. The minimum atomic E-state index is -0.496. The average molecular weight is 228 g/mol. The lowest BCUT2D eigenvalue weighted by Gasteiger charge is -2.18. The predicted octanol–water partition coefficient (Wildman–Crippen LogP) is 2.78. The number of pyridine rings is 1. The highest BCUT2D eigenvalue weighted by atomic mass is 35.5. The highest BCUT2D eigenvalue weighted by Crippen LogP contribution is 2.11. The van der Waals surface area contributed by atoms with Gasteiger partial charge >= 0.3 is 5.97 Å². The topological polar surface area (TPSA) is 39.2 Å². The van der Waals surface area contributed by atoms with Crippen LogP contribution >= 0.6 is 11.6 Å². The van der Waals surface area contributed by atoms with E-state index in [-0.39, 0.29) is 0 Å². The van der Waals surface area contributed by atoms with Gasteiger partial charge in [0, 0.05) is 12.1 Å². The Kier molecular flexibility index (Phi) is 3.69. The fourth-order valence-corrected chi connectivity index (χ4v) is 1.11. The van der Waals surface area contributed by atoms with Crippen LogP contribution in [0.2, 0.25) is 0 Å². The molecule has 0 aliphatic rings. The first-order valence-corrected chi connectivity index (χ1v) is 5.20. The maximum absolute atomic E-state index is 11.5. The van der Waals surface area contributed by atoms with Crippen LogP contribution in [0.5, 0.6) is 0 Å². The van der Waals surface area contributed by atoms with Crippen LogP contribution in [0.25, 0.3) is 0 Å². The third-order valence-electron chi connectivity index (χ3n) is 1.59. The Balaban J connectivity index is 2.75. The molecule has 4 heteroatoms. The van der Waals surface area contributed by atoms with Crippen molar-refractivity contribution < 1.29 is 9.53 Å². The van der Waals surface area contributed by atoms with Crippen LogP contribution in [-0.2, 0) is 10.6 Å². The Hall–Kier alpha value is -1.09. The Labute approximate surface area is 94.4 Å². The van der Waals surface area contributed by atoms with E-state index in [0.717, 1.165) is 5.56 Å². The second-order valence-electron chi connectivity index (χ2n) is 4.19. The van der Waals surface area contributed by atoms with Crippen LogP contribution < -0.4 is 0 Å². The average Bonchev–Trinajstić information content (AvgIpc) is 2.15. The fourth-order valence-electron chi connectivity index (χ4n) is 0.955. The number of hydrogen-bond donors (Lipinski definition) is 0. The van der Waals surface area contributed by atoms with Gasteiger partial charge in [0.15, 0.2) is 0 Å². The number of carbonyl (C=O) groups excluding carboxylic acids is 1. The summed E-state index contributed by atoms with van der Waals surface area (Å²) < 4.78 is 5.16. The van der Waals surface area contributed by atoms with Crippen molar-refractivity contribution in [3.05, 3.63) is 29.6 Å². The van der Waals surface area contributed by atoms with Crippen molar-refractivity contribution in [2.45, 2.75) is 32.3 Å². The highest BCUT2D eigenvalue weighted by Gasteiger charge is 2.18. The molecule has 0 radical (unpaired) electrons. The molecular weight excluding hydrogens is 214 g/mol. The zero-order valence-electron chi connectivity index (χ0n) is 9.08. The van der Waals surface area contributed by atoms with Gasteiger partial charge in [-0.25, -0.2) is 9.78 Å². The van der Waals surface area contributed by atoms with Crippen molar-refractivity contribution >= 4 is 17.6 Å². The number of nitrogens with zero attached hydrogens (tertiary/aromatic N) is 1.